The molecule has 5 rings (SSSR count). The van der Waals surface area contributed by atoms with Gasteiger partial charge in [0.05, 0.1) is 24.7 Å². The number of carbonyl (C=O) groups excluding carboxylic acids is 1. The van der Waals surface area contributed by atoms with E-state index in [4.69, 9.17) is 30.3 Å². The Labute approximate surface area is 270 Å². The molecule has 2 aliphatic heterocycles. The summed E-state index contributed by atoms with van der Waals surface area (Å²) >= 11 is 6.17. The van der Waals surface area contributed by atoms with E-state index in [0.29, 0.717) is 0 Å². The van der Waals surface area contributed by atoms with Gasteiger partial charge in [0.25, 0.3) is 19.1 Å². The molecule has 3 aromatic rings. The van der Waals surface area contributed by atoms with E-state index in [1.165, 1.54) is 38.2 Å². The number of esters is 1. The summed E-state index contributed by atoms with van der Waals surface area (Å²) in [6.07, 6.45) is -5.49. The molecule has 0 bridgehead atoms. The van der Waals surface area contributed by atoms with Gasteiger partial charge in [-0.05, 0) is 26.0 Å². The van der Waals surface area contributed by atoms with Gasteiger partial charge in [-0.15, -0.1) is 0 Å². The van der Waals surface area contributed by atoms with Crippen LogP contribution in [0.25, 0.3) is 0 Å². The van der Waals surface area contributed by atoms with Crippen molar-refractivity contribution < 1.29 is 43.7 Å². The first kappa shape index (κ1) is 34.4. The van der Waals surface area contributed by atoms with Crippen molar-refractivity contribution in [3.8, 4) is 5.75 Å². The van der Waals surface area contributed by atoms with Gasteiger partial charge < -0.3 is 34.4 Å². The van der Waals surface area contributed by atoms with Gasteiger partial charge in [0.15, 0.2) is 5.60 Å². The van der Waals surface area contributed by atoms with Crippen LogP contribution < -0.4 is 31.9 Å². The number of hydrogen-bond acceptors (Lipinski definition) is 13. The first-order chi connectivity index (χ1) is 22.3. The Morgan fingerprint density at radius 1 is 1.04 bits per heavy atom. The highest BCUT2D eigenvalue weighted by molar-refractivity contribution is 7.47. The Kier molecular flexibility index (Phi) is 10.0. The number of nitrogens with one attached hydrogen (secondary N) is 2. The van der Waals surface area contributed by atoms with Crippen LogP contribution in [0.2, 0.25) is 5.02 Å². The van der Waals surface area contributed by atoms with Crippen molar-refractivity contribution in [3.05, 3.63) is 94.5 Å². The number of benzene rings is 1. The molecule has 1 aromatic carbocycles. The number of carbonyl (C=O) groups is 1. The number of nitrogens with zero attached hydrogens (tertiary/aromatic N) is 2. The Balaban J connectivity index is 1.49. The number of aryl methyl sites for hydroxylation is 2. The third kappa shape index (κ3) is 6.75. The Morgan fingerprint density at radius 2 is 1.66 bits per heavy atom. The molecule has 19 heteroatoms. The molecule has 4 heterocycles. The van der Waals surface area contributed by atoms with E-state index in [1.807, 2.05) is 0 Å². The largest absolute Gasteiger partial charge is 0.595 e. The van der Waals surface area contributed by atoms with Crippen LogP contribution in [0.4, 0.5) is 0 Å². The smallest absolute Gasteiger partial charge is 0.330 e. The SMILES string of the molecule is Cc1cn([C@@H]2O[C@H](CO)[C@](O)(CC(=O)O[C@H]3C[C@H](n4cc(C)c(=O)[nH]c4=O)O[C@@H]3CO)C2=[P+]([O-])Oc2ccccc2Cl)c(=O)[nH]c1=O. The van der Waals surface area contributed by atoms with Gasteiger partial charge in [-0.3, -0.25) is 38.0 Å². The molecule has 5 N–H and O–H groups in total. The number of H-pyrrole nitrogens is 2. The van der Waals surface area contributed by atoms with Crippen LogP contribution in [0, 0.1) is 13.8 Å². The summed E-state index contributed by atoms with van der Waals surface area (Å²) in [4.78, 5) is 80.6. The molecule has 2 aromatic heterocycles. The molecular formula is C28H30ClN4O13P. The zero-order valence-electron chi connectivity index (χ0n) is 24.8. The molecule has 0 amide bonds. The number of para-hydroxylation sites is 1. The zero-order valence-corrected chi connectivity index (χ0v) is 26.5. The third-order valence-corrected chi connectivity index (χ3v) is 9.47. The lowest BCUT2D eigenvalue weighted by atomic mass is 9.91. The van der Waals surface area contributed by atoms with E-state index in [2.05, 4.69) is 9.97 Å². The molecule has 1 unspecified atom stereocenters. The summed E-state index contributed by atoms with van der Waals surface area (Å²) in [6, 6.07) is 5.94. The Bertz CT molecular complexity index is 1960. The van der Waals surface area contributed by atoms with Crippen molar-refractivity contribution in [1.82, 2.24) is 19.1 Å². The predicted octanol–water partition coefficient (Wildman–Crippen LogP) is -1.52. The van der Waals surface area contributed by atoms with Crippen molar-refractivity contribution in [2.45, 2.75) is 63.1 Å². The fraction of sp³-hybridized carbons (Fsp3) is 0.429. The standard InChI is InChI=1S/C28H30ClN4O13P/c1-13-9-32(26(39)30-23(13)37)20-7-17(18(11-34)43-20)44-21(36)8-28(41)19(12-35)45-25(33-10-14(2)24(38)31-27(33)40)22(28)47(42)46-16-6-4-3-5-15(16)29/h3-6,9-10,17-20,25,34-35,41H,7-8,11-12H2,1-2H3,(H,30,37,39)(H,31,38,40)/t17-,18+,19+,20+,25+,28+/m0/s1. The summed E-state index contributed by atoms with van der Waals surface area (Å²) < 4.78 is 24.5. The molecule has 17 nitrogen and oxygen atoms in total. The van der Waals surface area contributed by atoms with Crippen LogP contribution in [-0.4, -0.2) is 82.8 Å². The number of ether oxygens (including phenoxy) is 3. The van der Waals surface area contributed by atoms with Crippen LogP contribution in [0.3, 0.4) is 0 Å². The molecule has 0 saturated carbocycles. The maximum absolute atomic E-state index is 13.9. The van der Waals surface area contributed by atoms with Gasteiger partial charge in [-0.25, -0.2) is 9.59 Å². The van der Waals surface area contributed by atoms with Crippen LogP contribution in [-0.2, 0) is 19.0 Å². The molecule has 252 valence electrons. The number of hydrogen-bond donors (Lipinski definition) is 5. The van der Waals surface area contributed by atoms with Crippen LogP contribution in [0.1, 0.15) is 36.4 Å². The van der Waals surface area contributed by atoms with E-state index < -0.39 is 97.8 Å². The van der Waals surface area contributed by atoms with Gasteiger partial charge in [0.1, 0.15) is 24.5 Å². The lowest BCUT2D eigenvalue weighted by Gasteiger charge is -2.26. The average molecular weight is 697 g/mol. The highest BCUT2D eigenvalue weighted by Crippen LogP contribution is 2.44. The summed E-state index contributed by atoms with van der Waals surface area (Å²) in [5.41, 5.74) is -5.45. The van der Waals surface area contributed by atoms with Gasteiger partial charge in [0.2, 0.25) is 17.3 Å². The van der Waals surface area contributed by atoms with E-state index in [9.17, 15) is 44.2 Å². The number of aromatic amines is 2. The van der Waals surface area contributed by atoms with Gasteiger partial charge in [-0.2, -0.15) is 0 Å². The minimum absolute atomic E-state index is 0.0489. The predicted molar refractivity (Wildman–Crippen MR) is 162 cm³/mol. The second-order valence-electron chi connectivity index (χ2n) is 11.0. The molecule has 0 radical (unpaired) electrons. The van der Waals surface area contributed by atoms with Crippen molar-refractivity contribution >= 4 is 30.9 Å². The third-order valence-electron chi connectivity index (χ3n) is 7.80. The number of aliphatic hydroxyl groups excluding tert-OH is 2. The normalized spacial score (nSPS) is 26.7. The first-order valence-electron chi connectivity index (χ1n) is 14.1. The molecule has 0 spiro atoms. The number of rotatable bonds is 9. The zero-order chi connectivity index (χ0) is 34.2. The Morgan fingerprint density at radius 3 is 2.28 bits per heavy atom. The quantitative estimate of drug-likeness (QED) is 0.126. The number of aromatic nitrogens is 4. The van der Waals surface area contributed by atoms with Crippen molar-refractivity contribution in [3.63, 3.8) is 0 Å². The van der Waals surface area contributed by atoms with E-state index in [1.54, 1.807) is 6.07 Å². The molecule has 0 aliphatic carbocycles. The molecular weight excluding hydrogens is 667 g/mol. The maximum atomic E-state index is 13.9. The van der Waals surface area contributed by atoms with Crippen molar-refractivity contribution in [2.75, 3.05) is 13.2 Å². The molecule has 47 heavy (non-hydrogen) atoms. The number of halogens is 1. The maximum Gasteiger partial charge on any atom is 0.330 e. The summed E-state index contributed by atoms with van der Waals surface area (Å²) in [5, 5.41) is 31.6. The lowest BCUT2D eigenvalue weighted by molar-refractivity contribution is -0.166. The van der Waals surface area contributed by atoms with Crippen LogP contribution in [0.15, 0.2) is 55.8 Å². The second kappa shape index (κ2) is 13.7. The van der Waals surface area contributed by atoms with Crippen molar-refractivity contribution in [1.29, 1.82) is 0 Å². The lowest BCUT2D eigenvalue weighted by Crippen LogP contribution is -2.49. The fourth-order valence-electron chi connectivity index (χ4n) is 5.36. The average Bonchev–Trinajstić information content (AvgIpc) is 3.54. The van der Waals surface area contributed by atoms with Crippen LogP contribution >= 0.6 is 19.6 Å². The van der Waals surface area contributed by atoms with E-state index in [-0.39, 0.29) is 28.3 Å². The van der Waals surface area contributed by atoms with Crippen LogP contribution in [0.5, 0.6) is 5.75 Å². The molecule has 7 atom stereocenters. The number of aliphatic hydroxyl groups is 3. The second-order valence-corrected chi connectivity index (χ2v) is 12.5. The summed E-state index contributed by atoms with van der Waals surface area (Å²) in [5.74, 6) is -1.20. The highest BCUT2D eigenvalue weighted by atomic mass is 35.5. The fourth-order valence-corrected chi connectivity index (χ4v) is 6.93. The monoisotopic (exact) mass is 696 g/mol. The summed E-state index contributed by atoms with van der Waals surface area (Å²) in [7, 11) is -3.19. The molecule has 2 aliphatic rings. The first-order valence-corrected chi connectivity index (χ1v) is 15.7. The molecule has 2 fully saturated rings. The summed E-state index contributed by atoms with van der Waals surface area (Å²) in [6.45, 7) is 1.28. The van der Waals surface area contributed by atoms with Gasteiger partial charge in [-0.1, -0.05) is 23.7 Å². The van der Waals surface area contributed by atoms with Crippen molar-refractivity contribution in [2.24, 2.45) is 0 Å². The topological polar surface area (TPSA) is 247 Å². The minimum atomic E-state index is -3.19. The van der Waals surface area contributed by atoms with E-state index in [0.717, 1.165) is 15.3 Å². The van der Waals surface area contributed by atoms with Gasteiger partial charge in [0, 0.05) is 29.9 Å². The van der Waals surface area contributed by atoms with E-state index >= 15 is 0 Å². The van der Waals surface area contributed by atoms with Gasteiger partial charge >= 0.3 is 17.3 Å². The molecule has 2 saturated heterocycles. The minimum Gasteiger partial charge on any atom is -0.595 e. The highest BCUT2D eigenvalue weighted by Gasteiger charge is 2.60. The Hall–Kier alpha value is -3.93.